The number of hydrogen-bond acceptors (Lipinski definition) is 2. The maximum absolute atomic E-state index is 6.29. The van der Waals surface area contributed by atoms with Gasteiger partial charge in [-0.15, -0.1) is 0 Å². The zero-order valence-corrected chi connectivity index (χ0v) is 12.8. The Morgan fingerprint density at radius 3 is 2.39 bits per heavy atom. The molecule has 2 rings (SSSR count). The Hall–Kier alpha value is -0.0800. The molecule has 1 aliphatic carbocycles. The lowest BCUT2D eigenvalue weighted by Gasteiger charge is -2.45. The molecule has 0 aromatic rings. The first-order valence-corrected chi connectivity index (χ1v) is 7.85. The van der Waals surface area contributed by atoms with Crippen molar-refractivity contribution in [2.75, 3.05) is 13.1 Å². The summed E-state index contributed by atoms with van der Waals surface area (Å²) in [6, 6.07) is 1.15. The second kappa shape index (κ2) is 5.50. The third kappa shape index (κ3) is 3.71. The van der Waals surface area contributed by atoms with Crippen LogP contribution in [0.1, 0.15) is 59.8 Å². The number of hydrogen-bond donors (Lipinski definition) is 1. The standard InChI is InChI=1S/C16H32N2/c1-12(14-6-5-7-14)18-10-13(8-15(17)11-18)9-16(2,3)4/h12-15H,5-11,17H2,1-4H3. The van der Waals surface area contributed by atoms with E-state index >= 15 is 0 Å². The third-order valence-corrected chi connectivity index (χ3v) is 4.91. The molecule has 0 amide bonds. The Balaban J connectivity index is 1.91. The van der Waals surface area contributed by atoms with Gasteiger partial charge in [-0.1, -0.05) is 27.2 Å². The minimum absolute atomic E-state index is 0.397. The fraction of sp³-hybridized carbons (Fsp3) is 1.00. The van der Waals surface area contributed by atoms with Gasteiger partial charge in [-0.2, -0.15) is 0 Å². The fourth-order valence-corrected chi connectivity index (χ4v) is 3.85. The number of nitrogens with two attached hydrogens (primary N) is 1. The normalized spacial score (nSPS) is 33.2. The zero-order chi connectivity index (χ0) is 13.3. The summed E-state index contributed by atoms with van der Waals surface area (Å²) in [7, 11) is 0. The monoisotopic (exact) mass is 252 g/mol. The van der Waals surface area contributed by atoms with Crippen LogP contribution in [0.3, 0.4) is 0 Å². The molecule has 3 unspecified atom stereocenters. The Morgan fingerprint density at radius 1 is 1.22 bits per heavy atom. The van der Waals surface area contributed by atoms with Crippen LogP contribution in [0.4, 0.5) is 0 Å². The maximum atomic E-state index is 6.29. The van der Waals surface area contributed by atoms with Gasteiger partial charge in [-0.25, -0.2) is 0 Å². The second-order valence-corrected chi connectivity index (χ2v) is 8.01. The molecule has 2 aliphatic rings. The summed E-state index contributed by atoms with van der Waals surface area (Å²) in [6.07, 6.45) is 6.87. The van der Waals surface area contributed by atoms with Crippen LogP contribution in [0.25, 0.3) is 0 Å². The average Bonchev–Trinajstić information content (AvgIpc) is 2.10. The molecule has 106 valence electrons. The highest BCUT2D eigenvalue weighted by Gasteiger charge is 2.34. The topological polar surface area (TPSA) is 29.3 Å². The van der Waals surface area contributed by atoms with Crippen molar-refractivity contribution >= 4 is 0 Å². The summed E-state index contributed by atoms with van der Waals surface area (Å²) < 4.78 is 0. The van der Waals surface area contributed by atoms with E-state index in [1.807, 2.05) is 0 Å². The summed E-state index contributed by atoms with van der Waals surface area (Å²) in [5, 5.41) is 0. The number of likely N-dealkylation sites (tertiary alicyclic amines) is 1. The van der Waals surface area contributed by atoms with Gasteiger partial charge >= 0.3 is 0 Å². The van der Waals surface area contributed by atoms with Crippen molar-refractivity contribution in [3.8, 4) is 0 Å². The smallest absolute Gasteiger partial charge is 0.0171 e. The van der Waals surface area contributed by atoms with Crippen LogP contribution in [0, 0.1) is 17.3 Å². The van der Waals surface area contributed by atoms with Crippen molar-refractivity contribution < 1.29 is 0 Å². The molecule has 2 N–H and O–H groups in total. The number of rotatable bonds is 3. The van der Waals surface area contributed by atoms with Crippen molar-refractivity contribution in [1.82, 2.24) is 4.90 Å². The Bertz CT molecular complexity index is 265. The van der Waals surface area contributed by atoms with E-state index < -0.39 is 0 Å². The minimum atomic E-state index is 0.397. The van der Waals surface area contributed by atoms with Gasteiger partial charge in [0.15, 0.2) is 0 Å². The quantitative estimate of drug-likeness (QED) is 0.835. The highest BCUT2D eigenvalue weighted by Crippen LogP contribution is 2.35. The molecule has 0 bridgehead atoms. The molecule has 18 heavy (non-hydrogen) atoms. The van der Waals surface area contributed by atoms with E-state index in [1.54, 1.807) is 0 Å². The SMILES string of the molecule is CC(C1CCC1)N1CC(N)CC(CC(C)(C)C)C1. The van der Waals surface area contributed by atoms with E-state index in [-0.39, 0.29) is 0 Å². The molecule has 0 aromatic heterocycles. The molecular weight excluding hydrogens is 220 g/mol. The molecule has 1 saturated carbocycles. The highest BCUT2D eigenvalue weighted by atomic mass is 15.2. The van der Waals surface area contributed by atoms with Crippen molar-refractivity contribution in [2.24, 2.45) is 23.0 Å². The summed E-state index contributed by atoms with van der Waals surface area (Å²) in [5.41, 5.74) is 6.73. The molecule has 1 heterocycles. The minimum Gasteiger partial charge on any atom is -0.327 e. The predicted octanol–water partition coefficient (Wildman–Crippen LogP) is 3.26. The van der Waals surface area contributed by atoms with E-state index in [9.17, 15) is 0 Å². The first-order valence-electron chi connectivity index (χ1n) is 7.85. The van der Waals surface area contributed by atoms with Gasteiger partial charge in [-0.3, -0.25) is 4.90 Å². The van der Waals surface area contributed by atoms with E-state index in [2.05, 4.69) is 32.6 Å². The summed E-state index contributed by atoms with van der Waals surface area (Å²) in [6.45, 7) is 11.9. The number of piperidine rings is 1. The van der Waals surface area contributed by atoms with Crippen LogP contribution < -0.4 is 5.73 Å². The average molecular weight is 252 g/mol. The van der Waals surface area contributed by atoms with Crippen LogP contribution >= 0.6 is 0 Å². The zero-order valence-electron chi connectivity index (χ0n) is 12.8. The molecule has 1 aliphatic heterocycles. The van der Waals surface area contributed by atoms with Crippen molar-refractivity contribution in [1.29, 1.82) is 0 Å². The third-order valence-electron chi connectivity index (χ3n) is 4.91. The van der Waals surface area contributed by atoms with Gasteiger partial charge in [0.25, 0.3) is 0 Å². The lowest BCUT2D eigenvalue weighted by Crippen LogP contribution is -2.53. The Kier molecular flexibility index (Phi) is 4.38. The lowest BCUT2D eigenvalue weighted by atomic mass is 9.76. The molecule has 2 heteroatoms. The molecule has 2 nitrogen and oxygen atoms in total. The molecule has 1 saturated heterocycles. The maximum Gasteiger partial charge on any atom is 0.0171 e. The first-order chi connectivity index (χ1) is 8.35. The van der Waals surface area contributed by atoms with Crippen molar-refractivity contribution in [3.63, 3.8) is 0 Å². The van der Waals surface area contributed by atoms with Crippen LogP contribution in [-0.4, -0.2) is 30.1 Å². The Morgan fingerprint density at radius 2 is 1.89 bits per heavy atom. The van der Waals surface area contributed by atoms with E-state index in [0.29, 0.717) is 11.5 Å². The van der Waals surface area contributed by atoms with E-state index in [4.69, 9.17) is 5.73 Å². The van der Waals surface area contributed by atoms with E-state index in [1.165, 1.54) is 38.6 Å². The van der Waals surface area contributed by atoms with E-state index in [0.717, 1.165) is 24.4 Å². The highest BCUT2D eigenvalue weighted by molar-refractivity contribution is 4.89. The van der Waals surface area contributed by atoms with Gasteiger partial charge in [0.1, 0.15) is 0 Å². The van der Waals surface area contributed by atoms with Crippen molar-refractivity contribution in [3.05, 3.63) is 0 Å². The van der Waals surface area contributed by atoms with Crippen LogP contribution in [0.2, 0.25) is 0 Å². The van der Waals surface area contributed by atoms with Crippen LogP contribution in [0.5, 0.6) is 0 Å². The Labute approximate surface area is 113 Å². The predicted molar refractivity (Wildman–Crippen MR) is 78.5 cm³/mol. The van der Waals surface area contributed by atoms with Crippen molar-refractivity contribution in [2.45, 2.75) is 71.9 Å². The van der Waals surface area contributed by atoms with Gasteiger partial charge in [0.05, 0.1) is 0 Å². The van der Waals surface area contributed by atoms with Gasteiger partial charge < -0.3 is 5.73 Å². The van der Waals surface area contributed by atoms with Gasteiger partial charge in [0.2, 0.25) is 0 Å². The molecule has 0 spiro atoms. The van der Waals surface area contributed by atoms with Crippen LogP contribution in [-0.2, 0) is 0 Å². The lowest BCUT2D eigenvalue weighted by molar-refractivity contribution is 0.0478. The molecule has 0 aromatic carbocycles. The summed E-state index contributed by atoms with van der Waals surface area (Å²) in [5.74, 6) is 1.75. The first kappa shape index (κ1) is 14.3. The second-order valence-electron chi connectivity index (χ2n) is 8.01. The fourth-order valence-electron chi connectivity index (χ4n) is 3.85. The molecule has 0 radical (unpaired) electrons. The molecule has 2 fully saturated rings. The summed E-state index contributed by atoms with van der Waals surface area (Å²) >= 11 is 0. The molecular formula is C16H32N2. The number of nitrogens with zero attached hydrogens (tertiary/aromatic N) is 1. The van der Waals surface area contributed by atoms with Gasteiger partial charge in [0, 0.05) is 25.2 Å². The van der Waals surface area contributed by atoms with Crippen LogP contribution in [0.15, 0.2) is 0 Å². The molecule has 3 atom stereocenters. The summed E-state index contributed by atoms with van der Waals surface area (Å²) in [4.78, 5) is 2.69. The largest absolute Gasteiger partial charge is 0.327 e. The van der Waals surface area contributed by atoms with Gasteiger partial charge in [-0.05, 0) is 49.9 Å².